The first-order valence-corrected chi connectivity index (χ1v) is 5.48. The Kier molecular flexibility index (Phi) is 3.11. The second kappa shape index (κ2) is 4.39. The summed E-state index contributed by atoms with van der Waals surface area (Å²) in [5.74, 6) is -0.516. The van der Waals surface area contributed by atoms with Gasteiger partial charge in [-0.05, 0) is 6.42 Å². The second-order valence-corrected chi connectivity index (χ2v) is 4.42. The van der Waals surface area contributed by atoms with Crippen LogP contribution < -0.4 is 11.1 Å². The third-order valence-corrected chi connectivity index (χ3v) is 3.21. The van der Waals surface area contributed by atoms with E-state index in [4.69, 9.17) is 10.5 Å². The van der Waals surface area contributed by atoms with Crippen LogP contribution in [-0.4, -0.2) is 55.6 Å². The van der Waals surface area contributed by atoms with Crippen molar-refractivity contribution in [2.24, 2.45) is 11.7 Å². The van der Waals surface area contributed by atoms with Crippen LogP contribution in [0.1, 0.15) is 6.42 Å². The van der Waals surface area contributed by atoms with Crippen LogP contribution in [0.25, 0.3) is 0 Å². The molecule has 2 aliphatic rings. The number of nitrogens with zero attached hydrogens (tertiary/aromatic N) is 1. The molecule has 90 valence electrons. The summed E-state index contributed by atoms with van der Waals surface area (Å²) >= 11 is 0. The van der Waals surface area contributed by atoms with Gasteiger partial charge < -0.3 is 20.7 Å². The van der Waals surface area contributed by atoms with Crippen LogP contribution in [0.2, 0.25) is 0 Å². The molecule has 0 aromatic carbocycles. The predicted octanol–water partition coefficient (Wildman–Crippen LogP) is -1.69. The Balaban J connectivity index is 1.90. The molecule has 2 fully saturated rings. The topological polar surface area (TPSA) is 84.7 Å². The molecule has 3 atom stereocenters. The van der Waals surface area contributed by atoms with Gasteiger partial charge in [-0.25, -0.2) is 0 Å². The van der Waals surface area contributed by atoms with Crippen molar-refractivity contribution in [3.8, 4) is 0 Å². The van der Waals surface area contributed by atoms with Crippen molar-refractivity contribution in [2.75, 3.05) is 26.8 Å². The maximum atomic E-state index is 11.8. The van der Waals surface area contributed by atoms with Gasteiger partial charge >= 0.3 is 0 Å². The summed E-state index contributed by atoms with van der Waals surface area (Å²) in [5.41, 5.74) is 5.73. The number of nitrogens with two attached hydrogens (primary N) is 1. The Bertz CT molecular complexity index is 308. The van der Waals surface area contributed by atoms with E-state index in [2.05, 4.69) is 5.32 Å². The fraction of sp³-hybridized carbons (Fsp3) is 0.800. The van der Waals surface area contributed by atoms with E-state index < -0.39 is 0 Å². The molecule has 3 N–H and O–H groups in total. The van der Waals surface area contributed by atoms with Crippen LogP contribution in [0.5, 0.6) is 0 Å². The first-order chi connectivity index (χ1) is 7.59. The van der Waals surface area contributed by atoms with Crippen molar-refractivity contribution >= 4 is 11.8 Å². The van der Waals surface area contributed by atoms with E-state index in [1.807, 2.05) is 0 Å². The second-order valence-electron chi connectivity index (χ2n) is 4.42. The molecular weight excluding hydrogens is 210 g/mol. The average molecular weight is 227 g/mol. The van der Waals surface area contributed by atoms with Crippen LogP contribution in [0, 0.1) is 5.92 Å². The first-order valence-electron chi connectivity index (χ1n) is 5.48. The van der Waals surface area contributed by atoms with E-state index in [9.17, 15) is 9.59 Å². The third-order valence-electron chi connectivity index (χ3n) is 3.21. The SMILES string of the molecule is CN1CCC(NC(=O)C2COCC2N)C1=O. The number of ether oxygens (including phenoxy) is 1. The fourth-order valence-corrected chi connectivity index (χ4v) is 2.08. The number of likely N-dealkylation sites (N-methyl/N-ethyl adjacent to an activating group) is 1. The Morgan fingerprint density at radius 1 is 1.56 bits per heavy atom. The molecule has 0 radical (unpaired) electrons. The number of amides is 2. The molecule has 3 unspecified atom stereocenters. The molecule has 2 aliphatic heterocycles. The van der Waals surface area contributed by atoms with Crippen LogP contribution in [0.4, 0.5) is 0 Å². The molecule has 0 bridgehead atoms. The van der Waals surface area contributed by atoms with Gasteiger partial charge in [-0.15, -0.1) is 0 Å². The average Bonchev–Trinajstić information content (AvgIpc) is 2.79. The van der Waals surface area contributed by atoms with Gasteiger partial charge in [-0.3, -0.25) is 9.59 Å². The minimum atomic E-state index is -0.384. The lowest BCUT2D eigenvalue weighted by Crippen LogP contribution is -2.47. The van der Waals surface area contributed by atoms with E-state index >= 15 is 0 Å². The summed E-state index contributed by atoms with van der Waals surface area (Å²) in [6.45, 7) is 1.46. The van der Waals surface area contributed by atoms with Gasteiger partial charge in [-0.1, -0.05) is 0 Å². The molecule has 0 saturated carbocycles. The number of nitrogens with one attached hydrogen (secondary N) is 1. The van der Waals surface area contributed by atoms with Crippen LogP contribution in [0.3, 0.4) is 0 Å². The number of hydrogen-bond donors (Lipinski definition) is 2. The monoisotopic (exact) mass is 227 g/mol. The smallest absolute Gasteiger partial charge is 0.244 e. The van der Waals surface area contributed by atoms with Crippen molar-refractivity contribution in [1.29, 1.82) is 0 Å². The van der Waals surface area contributed by atoms with Crippen LogP contribution in [-0.2, 0) is 14.3 Å². The lowest BCUT2D eigenvalue weighted by Gasteiger charge is -2.17. The quantitative estimate of drug-likeness (QED) is 0.589. The molecule has 16 heavy (non-hydrogen) atoms. The molecule has 6 nitrogen and oxygen atoms in total. The first kappa shape index (κ1) is 11.3. The van der Waals surface area contributed by atoms with Gasteiger partial charge in [0.25, 0.3) is 0 Å². The standard InChI is InChI=1S/C10H17N3O3/c1-13-3-2-8(10(13)15)12-9(14)6-4-16-5-7(6)11/h6-8H,2-5,11H2,1H3,(H,12,14). The zero-order chi connectivity index (χ0) is 11.7. The molecule has 2 amide bonds. The number of carbonyl (C=O) groups excluding carboxylic acids is 2. The minimum absolute atomic E-state index is 0.0270. The molecule has 0 aliphatic carbocycles. The Morgan fingerprint density at radius 2 is 2.31 bits per heavy atom. The highest BCUT2D eigenvalue weighted by Crippen LogP contribution is 2.14. The van der Waals surface area contributed by atoms with Gasteiger partial charge in [-0.2, -0.15) is 0 Å². The fourth-order valence-electron chi connectivity index (χ4n) is 2.08. The number of carbonyl (C=O) groups is 2. The highest BCUT2D eigenvalue weighted by atomic mass is 16.5. The summed E-state index contributed by atoms with van der Waals surface area (Å²) in [7, 11) is 1.74. The van der Waals surface area contributed by atoms with Gasteiger partial charge in [0.2, 0.25) is 11.8 Å². The van der Waals surface area contributed by atoms with E-state index in [1.165, 1.54) is 0 Å². The summed E-state index contributed by atoms with van der Waals surface area (Å²) in [5, 5.41) is 2.74. The minimum Gasteiger partial charge on any atom is -0.379 e. The number of likely N-dealkylation sites (tertiary alicyclic amines) is 1. The summed E-state index contributed by atoms with van der Waals surface area (Å²) in [6, 6.07) is -0.639. The normalized spacial score (nSPS) is 34.5. The van der Waals surface area contributed by atoms with Crippen molar-refractivity contribution < 1.29 is 14.3 Å². The highest BCUT2D eigenvalue weighted by Gasteiger charge is 2.36. The lowest BCUT2D eigenvalue weighted by atomic mass is 10.0. The highest BCUT2D eigenvalue weighted by molar-refractivity contribution is 5.90. The van der Waals surface area contributed by atoms with Gasteiger partial charge in [0.1, 0.15) is 6.04 Å². The molecule has 0 aromatic heterocycles. The van der Waals surface area contributed by atoms with Gasteiger partial charge in [0.15, 0.2) is 0 Å². The molecule has 2 rings (SSSR count). The Labute approximate surface area is 94.1 Å². The molecular formula is C10H17N3O3. The summed E-state index contributed by atoms with van der Waals surface area (Å²) < 4.78 is 5.12. The van der Waals surface area contributed by atoms with Crippen molar-refractivity contribution in [3.63, 3.8) is 0 Å². The van der Waals surface area contributed by atoms with E-state index in [0.717, 1.165) is 0 Å². The maximum Gasteiger partial charge on any atom is 0.244 e. The van der Waals surface area contributed by atoms with Crippen molar-refractivity contribution in [1.82, 2.24) is 10.2 Å². The Hall–Kier alpha value is -1.14. The molecule has 6 heteroatoms. The molecule has 0 aromatic rings. The summed E-state index contributed by atoms with van der Waals surface area (Å²) in [6.07, 6.45) is 0.671. The van der Waals surface area contributed by atoms with E-state index in [-0.39, 0.29) is 29.8 Å². The largest absolute Gasteiger partial charge is 0.379 e. The zero-order valence-electron chi connectivity index (χ0n) is 9.31. The van der Waals surface area contributed by atoms with E-state index in [1.54, 1.807) is 11.9 Å². The van der Waals surface area contributed by atoms with Gasteiger partial charge in [0.05, 0.1) is 19.1 Å². The van der Waals surface area contributed by atoms with Crippen LogP contribution in [0.15, 0.2) is 0 Å². The van der Waals surface area contributed by atoms with Crippen LogP contribution >= 0.6 is 0 Å². The number of rotatable bonds is 2. The van der Waals surface area contributed by atoms with Gasteiger partial charge in [0, 0.05) is 19.6 Å². The molecule has 2 saturated heterocycles. The van der Waals surface area contributed by atoms with E-state index in [0.29, 0.717) is 26.2 Å². The third kappa shape index (κ3) is 2.03. The zero-order valence-corrected chi connectivity index (χ0v) is 9.31. The number of hydrogen-bond acceptors (Lipinski definition) is 4. The molecule has 0 spiro atoms. The summed E-state index contributed by atoms with van der Waals surface area (Å²) in [4.78, 5) is 25.0. The van der Waals surface area contributed by atoms with Crippen molar-refractivity contribution in [3.05, 3.63) is 0 Å². The van der Waals surface area contributed by atoms with Crippen molar-refractivity contribution in [2.45, 2.75) is 18.5 Å². The lowest BCUT2D eigenvalue weighted by molar-refractivity contribution is -0.133. The maximum absolute atomic E-state index is 11.8. The molecule has 2 heterocycles. The predicted molar refractivity (Wildman–Crippen MR) is 56.5 cm³/mol. The Morgan fingerprint density at radius 3 is 2.81 bits per heavy atom.